The van der Waals surface area contributed by atoms with Crippen LogP contribution < -0.4 is 0 Å². The molecule has 0 N–H and O–H groups in total. The average molecular weight is 374 g/mol. The molecule has 0 saturated heterocycles. The molecule has 15 heavy (non-hydrogen) atoms. The lowest BCUT2D eigenvalue weighted by Crippen LogP contribution is -1.95. The van der Waals surface area contributed by atoms with Crippen molar-refractivity contribution in [2.45, 2.75) is 0 Å². The second kappa shape index (κ2) is 4.33. The Hall–Kier alpha value is -0.870. The predicted molar refractivity (Wildman–Crippen MR) is 68.7 cm³/mol. The molecule has 0 radical (unpaired) electrons. The summed E-state index contributed by atoms with van der Waals surface area (Å²) in [5.74, 6) is 0. The van der Waals surface area contributed by atoms with Gasteiger partial charge >= 0.3 is 0 Å². The molecule has 0 fully saturated rings. The van der Waals surface area contributed by atoms with E-state index in [1.54, 1.807) is 17.1 Å². The fourth-order valence-electron chi connectivity index (χ4n) is 1.18. The van der Waals surface area contributed by atoms with Crippen molar-refractivity contribution < 1.29 is 0 Å². The summed E-state index contributed by atoms with van der Waals surface area (Å²) in [4.78, 5) is 0. The maximum Gasteiger partial charge on any atom is 0.102 e. The number of benzene rings is 1. The van der Waals surface area contributed by atoms with Gasteiger partial charge in [0.15, 0.2) is 0 Å². The van der Waals surface area contributed by atoms with Gasteiger partial charge < -0.3 is 0 Å². The SMILES string of the molecule is N#Cc1cnn(-c2ccc(I)cc2Br)c1. The lowest BCUT2D eigenvalue weighted by molar-refractivity contribution is 0.875. The quantitative estimate of drug-likeness (QED) is 0.721. The third-order valence-corrected chi connectivity index (χ3v) is 3.17. The molecule has 0 amide bonds. The van der Waals surface area contributed by atoms with Crippen LogP contribution in [0.4, 0.5) is 0 Å². The van der Waals surface area contributed by atoms with Crippen molar-refractivity contribution in [3.63, 3.8) is 0 Å². The first-order valence-electron chi connectivity index (χ1n) is 4.11. The number of nitriles is 1. The predicted octanol–water partition coefficient (Wildman–Crippen LogP) is 3.11. The first-order valence-corrected chi connectivity index (χ1v) is 5.98. The van der Waals surface area contributed by atoms with Gasteiger partial charge in [-0.1, -0.05) is 0 Å². The molecule has 0 saturated carbocycles. The van der Waals surface area contributed by atoms with Crippen LogP contribution in [0, 0.1) is 14.9 Å². The van der Waals surface area contributed by atoms with Crippen LogP contribution in [0.3, 0.4) is 0 Å². The second-order valence-corrected chi connectivity index (χ2v) is 4.98. The summed E-state index contributed by atoms with van der Waals surface area (Å²) < 4.78 is 3.79. The van der Waals surface area contributed by atoms with Crippen molar-refractivity contribution in [2.24, 2.45) is 0 Å². The van der Waals surface area contributed by atoms with E-state index in [1.807, 2.05) is 24.3 Å². The van der Waals surface area contributed by atoms with Crippen LogP contribution in [0.15, 0.2) is 35.1 Å². The Kier molecular flexibility index (Phi) is 3.07. The number of nitrogens with zero attached hydrogens (tertiary/aromatic N) is 3. The number of hydrogen-bond acceptors (Lipinski definition) is 2. The number of halogens is 2. The van der Waals surface area contributed by atoms with Crippen LogP contribution in [-0.2, 0) is 0 Å². The number of hydrogen-bond donors (Lipinski definition) is 0. The van der Waals surface area contributed by atoms with Gasteiger partial charge in [-0.15, -0.1) is 0 Å². The first kappa shape index (κ1) is 10.6. The standard InChI is InChI=1S/C10H5BrIN3/c11-9-3-8(12)1-2-10(9)15-6-7(4-13)5-14-15/h1-3,5-6H. The van der Waals surface area contributed by atoms with E-state index < -0.39 is 0 Å². The van der Waals surface area contributed by atoms with E-state index in [2.05, 4.69) is 43.6 Å². The lowest BCUT2D eigenvalue weighted by Gasteiger charge is -2.04. The van der Waals surface area contributed by atoms with Gasteiger partial charge in [0.2, 0.25) is 0 Å². The van der Waals surface area contributed by atoms with Crippen molar-refractivity contribution in [3.05, 3.63) is 44.2 Å². The van der Waals surface area contributed by atoms with Crippen molar-refractivity contribution in [2.75, 3.05) is 0 Å². The van der Waals surface area contributed by atoms with Crippen molar-refractivity contribution in [3.8, 4) is 11.8 Å². The Morgan fingerprint density at radius 3 is 2.87 bits per heavy atom. The van der Waals surface area contributed by atoms with E-state index in [1.165, 1.54) is 0 Å². The van der Waals surface area contributed by atoms with Gasteiger partial charge in [-0.3, -0.25) is 0 Å². The Bertz CT molecular complexity index is 542. The van der Waals surface area contributed by atoms with Gasteiger partial charge in [-0.2, -0.15) is 10.4 Å². The minimum absolute atomic E-state index is 0.556. The minimum Gasteiger partial charge on any atom is -0.238 e. The van der Waals surface area contributed by atoms with Gasteiger partial charge in [0.25, 0.3) is 0 Å². The highest BCUT2D eigenvalue weighted by Crippen LogP contribution is 2.22. The summed E-state index contributed by atoms with van der Waals surface area (Å²) in [5.41, 5.74) is 1.48. The summed E-state index contributed by atoms with van der Waals surface area (Å²) in [6.45, 7) is 0. The summed E-state index contributed by atoms with van der Waals surface area (Å²) >= 11 is 5.71. The van der Waals surface area contributed by atoms with Gasteiger partial charge in [0, 0.05) is 14.2 Å². The second-order valence-electron chi connectivity index (χ2n) is 2.88. The van der Waals surface area contributed by atoms with E-state index in [4.69, 9.17) is 5.26 Å². The Labute approximate surface area is 109 Å². The third kappa shape index (κ3) is 2.21. The zero-order valence-corrected chi connectivity index (χ0v) is 11.2. The van der Waals surface area contributed by atoms with E-state index in [0.29, 0.717) is 5.56 Å². The molecule has 0 spiro atoms. The summed E-state index contributed by atoms with van der Waals surface area (Å²) in [6.07, 6.45) is 3.25. The van der Waals surface area contributed by atoms with Gasteiger partial charge in [-0.25, -0.2) is 4.68 Å². The van der Waals surface area contributed by atoms with Gasteiger partial charge in [0.1, 0.15) is 6.07 Å². The molecule has 0 atom stereocenters. The van der Waals surface area contributed by atoms with Gasteiger partial charge in [0.05, 0.1) is 17.4 Å². The third-order valence-electron chi connectivity index (χ3n) is 1.87. The topological polar surface area (TPSA) is 41.6 Å². The number of rotatable bonds is 1. The fourth-order valence-corrected chi connectivity index (χ4v) is 2.66. The van der Waals surface area contributed by atoms with Crippen molar-refractivity contribution in [1.82, 2.24) is 9.78 Å². The number of aromatic nitrogens is 2. The maximum absolute atomic E-state index is 8.69. The van der Waals surface area contributed by atoms with E-state index in [-0.39, 0.29) is 0 Å². The fraction of sp³-hybridized carbons (Fsp3) is 0. The smallest absolute Gasteiger partial charge is 0.102 e. The normalized spacial score (nSPS) is 9.93. The molecule has 2 aromatic rings. The molecular formula is C10H5BrIN3. The molecule has 0 bridgehead atoms. The van der Waals surface area contributed by atoms with Crippen LogP contribution in [0.25, 0.3) is 5.69 Å². The Balaban J connectivity index is 2.50. The van der Waals surface area contributed by atoms with Crippen LogP contribution >= 0.6 is 38.5 Å². The van der Waals surface area contributed by atoms with Gasteiger partial charge in [-0.05, 0) is 56.7 Å². The summed E-state index contributed by atoms with van der Waals surface area (Å²) in [6, 6.07) is 8.00. The Morgan fingerprint density at radius 2 is 2.27 bits per heavy atom. The molecule has 1 heterocycles. The zero-order chi connectivity index (χ0) is 10.8. The summed E-state index contributed by atoms with van der Waals surface area (Å²) in [5, 5.41) is 12.8. The van der Waals surface area contributed by atoms with Crippen molar-refractivity contribution >= 4 is 38.5 Å². The first-order chi connectivity index (χ1) is 7.20. The molecule has 0 aliphatic rings. The van der Waals surface area contributed by atoms with Crippen LogP contribution in [0.1, 0.15) is 5.56 Å². The van der Waals surface area contributed by atoms with Crippen molar-refractivity contribution in [1.29, 1.82) is 5.26 Å². The molecule has 2 rings (SSSR count). The molecule has 0 aliphatic carbocycles. The highest BCUT2D eigenvalue weighted by molar-refractivity contribution is 14.1. The largest absolute Gasteiger partial charge is 0.238 e. The molecule has 1 aromatic heterocycles. The molecule has 0 aliphatic heterocycles. The minimum atomic E-state index is 0.556. The van der Waals surface area contributed by atoms with E-state index in [9.17, 15) is 0 Å². The van der Waals surface area contributed by atoms with E-state index >= 15 is 0 Å². The highest BCUT2D eigenvalue weighted by Gasteiger charge is 2.04. The van der Waals surface area contributed by atoms with Crippen LogP contribution in [-0.4, -0.2) is 9.78 Å². The zero-order valence-electron chi connectivity index (χ0n) is 7.48. The average Bonchev–Trinajstić information content (AvgIpc) is 2.66. The summed E-state index contributed by atoms with van der Waals surface area (Å²) in [7, 11) is 0. The van der Waals surface area contributed by atoms with E-state index in [0.717, 1.165) is 13.7 Å². The molecule has 5 heteroatoms. The monoisotopic (exact) mass is 373 g/mol. The van der Waals surface area contributed by atoms with Crippen LogP contribution in [0.5, 0.6) is 0 Å². The molecule has 1 aromatic carbocycles. The molecule has 74 valence electrons. The molecule has 0 unspecified atom stereocenters. The maximum atomic E-state index is 8.69. The Morgan fingerprint density at radius 1 is 1.47 bits per heavy atom. The lowest BCUT2D eigenvalue weighted by atomic mass is 10.3. The molecular weight excluding hydrogens is 369 g/mol. The van der Waals surface area contributed by atoms with Crippen LogP contribution in [0.2, 0.25) is 0 Å². The highest BCUT2D eigenvalue weighted by atomic mass is 127. The molecule has 3 nitrogen and oxygen atoms in total.